The zero-order valence-corrected chi connectivity index (χ0v) is 17.3. The summed E-state index contributed by atoms with van der Waals surface area (Å²) < 4.78 is 34.3. The molecule has 0 saturated carbocycles. The molecule has 3 N–H and O–H groups in total. The number of ether oxygens (including phenoxy) is 1. The summed E-state index contributed by atoms with van der Waals surface area (Å²) in [6.45, 7) is 0. The van der Waals surface area contributed by atoms with Gasteiger partial charge in [0.25, 0.3) is 10.0 Å². The quantitative estimate of drug-likeness (QED) is 0.543. The van der Waals surface area contributed by atoms with Gasteiger partial charge in [-0.1, -0.05) is 30.3 Å². The minimum Gasteiger partial charge on any atom is -0.497 e. The molecule has 0 unspecified atom stereocenters. The maximum absolute atomic E-state index is 12.7. The van der Waals surface area contributed by atoms with Crippen molar-refractivity contribution in [2.75, 3.05) is 17.3 Å². The number of guanidine groups is 1. The summed E-state index contributed by atoms with van der Waals surface area (Å²) >= 11 is 0. The topological polar surface area (TPSA) is 112 Å². The zero-order chi connectivity index (χ0) is 21.8. The van der Waals surface area contributed by atoms with Crippen LogP contribution >= 0.6 is 0 Å². The highest BCUT2D eigenvalue weighted by molar-refractivity contribution is 7.90. The van der Waals surface area contributed by atoms with E-state index in [0.717, 1.165) is 0 Å². The summed E-state index contributed by atoms with van der Waals surface area (Å²) in [5, 5.41) is 2.64. The lowest BCUT2D eigenvalue weighted by molar-refractivity contribution is 0.250. The fraction of sp³-hybridized carbons (Fsp3) is 0.0476. The van der Waals surface area contributed by atoms with Crippen molar-refractivity contribution in [3.63, 3.8) is 0 Å². The van der Waals surface area contributed by atoms with E-state index in [0.29, 0.717) is 22.8 Å². The smallest absolute Gasteiger partial charge is 0.337 e. The minimum absolute atomic E-state index is 0.0604. The van der Waals surface area contributed by atoms with E-state index in [-0.39, 0.29) is 10.9 Å². The molecule has 1 aliphatic rings. The van der Waals surface area contributed by atoms with Crippen LogP contribution in [0.5, 0.6) is 5.75 Å². The number of hydrogen-bond donors (Lipinski definition) is 3. The molecule has 0 bridgehead atoms. The molecule has 4 rings (SSSR count). The van der Waals surface area contributed by atoms with Crippen molar-refractivity contribution in [3.8, 4) is 5.75 Å². The van der Waals surface area contributed by atoms with Crippen molar-refractivity contribution in [2.45, 2.75) is 4.90 Å². The fourth-order valence-electron chi connectivity index (χ4n) is 3.04. The van der Waals surface area contributed by atoms with Gasteiger partial charge in [0.1, 0.15) is 10.6 Å². The van der Waals surface area contributed by atoms with Crippen LogP contribution in [-0.2, 0) is 10.0 Å². The summed E-state index contributed by atoms with van der Waals surface area (Å²) in [7, 11) is -2.40. The van der Waals surface area contributed by atoms with Crippen LogP contribution in [0.25, 0.3) is 0 Å². The predicted octanol–water partition coefficient (Wildman–Crippen LogP) is 3.22. The lowest BCUT2D eigenvalue weighted by atomic mass is 10.2. The largest absolute Gasteiger partial charge is 0.497 e. The van der Waals surface area contributed by atoms with E-state index < -0.39 is 16.1 Å². The number of carbonyl (C=O) groups is 1. The number of para-hydroxylation sites is 2. The lowest BCUT2D eigenvalue weighted by Crippen LogP contribution is -2.51. The van der Waals surface area contributed by atoms with Gasteiger partial charge >= 0.3 is 6.03 Å². The van der Waals surface area contributed by atoms with E-state index in [2.05, 4.69) is 20.6 Å². The van der Waals surface area contributed by atoms with Crippen LogP contribution < -0.4 is 25.8 Å². The molecule has 0 aliphatic carbocycles. The summed E-state index contributed by atoms with van der Waals surface area (Å²) in [6, 6.07) is 21.8. The van der Waals surface area contributed by atoms with E-state index in [4.69, 9.17) is 4.74 Å². The lowest BCUT2D eigenvalue weighted by Gasteiger charge is -2.31. The molecule has 1 heterocycles. The van der Waals surface area contributed by atoms with Gasteiger partial charge in [0, 0.05) is 11.4 Å². The Morgan fingerprint density at radius 3 is 2.32 bits per heavy atom. The van der Waals surface area contributed by atoms with Crippen LogP contribution in [0.4, 0.5) is 21.9 Å². The molecule has 0 spiro atoms. The molecule has 3 aromatic carbocycles. The Morgan fingerprint density at radius 1 is 0.935 bits per heavy atom. The third kappa shape index (κ3) is 4.28. The first-order valence-corrected chi connectivity index (χ1v) is 10.7. The number of hydrazine groups is 1. The van der Waals surface area contributed by atoms with Crippen LogP contribution in [0, 0.1) is 0 Å². The number of rotatable bonds is 3. The van der Waals surface area contributed by atoms with Gasteiger partial charge < -0.3 is 10.1 Å². The van der Waals surface area contributed by atoms with Crippen molar-refractivity contribution in [2.24, 2.45) is 4.40 Å². The Balaban J connectivity index is 1.58. The second kappa shape index (κ2) is 8.36. The second-order valence-corrected chi connectivity index (χ2v) is 8.03. The first-order chi connectivity index (χ1) is 15.0. The first kappa shape index (κ1) is 20.2. The molecule has 0 fully saturated rings. The number of anilines is 3. The van der Waals surface area contributed by atoms with E-state index in [1.807, 2.05) is 30.3 Å². The highest BCUT2D eigenvalue weighted by Crippen LogP contribution is 2.35. The van der Waals surface area contributed by atoms with E-state index in [1.54, 1.807) is 54.5 Å². The number of amides is 2. The monoisotopic (exact) mass is 437 g/mol. The highest BCUT2D eigenvalue weighted by Gasteiger charge is 2.31. The van der Waals surface area contributed by atoms with Gasteiger partial charge in [0.15, 0.2) is 0 Å². The van der Waals surface area contributed by atoms with Crippen molar-refractivity contribution in [3.05, 3.63) is 78.9 Å². The standard InChI is InChI=1S/C21H19N5O4S/c1-30-17-13-11-15(12-14-17)22-21(27)24-23-20-25-31(28,29)19-10-6-5-9-18(19)26(20)16-7-3-2-4-8-16/h2-14H,1H3,(H,23,25)(H2,22,24,27). The molecule has 0 atom stereocenters. The third-order valence-electron chi connectivity index (χ3n) is 4.45. The van der Waals surface area contributed by atoms with Gasteiger partial charge in [-0.3, -0.25) is 10.3 Å². The molecule has 0 saturated heterocycles. The molecule has 10 heteroatoms. The van der Waals surface area contributed by atoms with Gasteiger partial charge in [-0.05, 0) is 48.5 Å². The van der Waals surface area contributed by atoms with E-state index >= 15 is 0 Å². The SMILES string of the molecule is COc1ccc(NC(=O)NNC2=NS(=O)(=O)c3ccccc3N2c2ccccc2)cc1. The number of sulfonamides is 1. The van der Waals surface area contributed by atoms with Crippen molar-refractivity contribution in [1.29, 1.82) is 0 Å². The van der Waals surface area contributed by atoms with Crippen LogP contribution in [0.3, 0.4) is 0 Å². The number of nitrogens with one attached hydrogen (secondary N) is 3. The van der Waals surface area contributed by atoms with Gasteiger partial charge in [0.2, 0.25) is 5.96 Å². The maximum Gasteiger partial charge on any atom is 0.337 e. The van der Waals surface area contributed by atoms with Gasteiger partial charge in [-0.25, -0.2) is 10.2 Å². The molecule has 0 radical (unpaired) electrons. The average Bonchev–Trinajstić information content (AvgIpc) is 2.78. The average molecular weight is 437 g/mol. The number of nitrogens with zero attached hydrogens (tertiary/aromatic N) is 2. The Bertz CT molecular complexity index is 1230. The number of benzene rings is 3. The van der Waals surface area contributed by atoms with Gasteiger partial charge in [-0.2, -0.15) is 8.42 Å². The Morgan fingerprint density at radius 2 is 1.61 bits per heavy atom. The van der Waals surface area contributed by atoms with Crippen molar-refractivity contribution in [1.82, 2.24) is 10.9 Å². The molecule has 31 heavy (non-hydrogen) atoms. The first-order valence-electron chi connectivity index (χ1n) is 9.24. The Labute approximate surface area is 179 Å². The second-order valence-electron chi connectivity index (χ2n) is 6.46. The highest BCUT2D eigenvalue weighted by atomic mass is 32.2. The van der Waals surface area contributed by atoms with Crippen LogP contribution in [0.2, 0.25) is 0 Å². The zero-order valence-electron chi connectivity index (χ0n) is 16.4. The fourth-order valence-corrected chi connectivity index (χ4v) is 4.17. The normalized spacial score (nSPS) is 14.1. The number of methoxy groups -OCH3 is 1. The van der Waals surface area contributed by atoms with Gasteiger partial charge in [-0.15, -0.1) is 4.40 Å². The van der Waals surface area contributed by atoms with Crippen LogP contribution in [-0.4, -0.2) is 27.5 Å². The van der Waals surface area contributed by atoms with Crippen molar-refractivity contribution < 1.29 is 17.9 Å². The molecule has 2 amide bonds. The van der Waals surface area contributed by atoms with E-state index in [1.165, 1.54) is 6.07 Å². The number of urea groups is 1. The third-order valence-corrected chi connectivity index (χ3v) is 5.77. The van der Waals surface area contributed by atoms with Crippen LogP contribution in [0.15, 0.2) is 88.2 Å². The summed E-state index contributed by atoms with van der Waals surface area (Å²) in [5.74, 6) is 0.595. The molecule has 0 aromatic heterocycles. The van der Waals surface area contributed by atoms with Crippen molar-refractivity contribution >= 4 is 39.1 Å². The van der Waals surface area contributed by atoms with Gasteiger partial charge in [0.05, 0.1) is 12.8 Å². The number of hydrogen-bond acceptors (Lipinski definition) is 6. The summed E-state index contributed by atoms with van der Waals surface area (Å²) in [5.41, 5.74) is 6.67. The predicted molar refractivity (Wildman–Crippen MR) is 118 cm³/mol. The maximum atomic E-state index is 12.7. The molecular weight excluding hydrogens is 418 g/mol. The van der Waals surface area contributed by atoms with Crippen LogP contribution in [0.1, 0.15) is 0 Å². The van der Waals surface area contributed by atoms with E-state index in [9.17, 15) is 13.2 Å². The molecule has 158 valence electrons. The number of fused-ring (bicyclic) bond motifs is 1. The molecule has 9 nitrogen and oxygen atoms in total. The minimum atomic E-state index is -3.95. The Kier molecular flexibility index (Phi) is 5.46. The molecule has 3 aromatic rings. The Hall–Kier alpha value is -4.05. The number of carbonyl (C=O) groups excluding carboxylic acids is 1. The molecule has 1 aliphatic heterocycles. The summed E-state index contributed by atoms with van der Waals surface area (Å²) in [4.78, 5) is 14.0. The summed E-state index contributed by atoms with van der Waals surface area (Å²) in [6.07, 6.45) is 0. The molecular formula is C21H19N5O4S.